The maximum atomic E-state index is 12.8. The number of amides is 1. The van der Waals surface area contributed by atoms with Gasteiger partial charge in [-0.1, -0.05) is 0 Å². The van der Waals surface area contributed by atoms with Crippen LogP contribution in [0.15, 0.2) is 12.1 Å². The van der Waals surface area contributed by atoms with E-state index in [1.807, 2.05) is 7.05 Å². The molecule has 3 heterocycles. The van der Waals surface area contributed by atoms with Crippen LogP contribution in [0.2, 0.25) is 0 Å². The van der Waals surface area contributed by atoms with Crippen LogP contribution in [0.3, 0.4) is 0 Å². The summed E-state index contributed by atoms with van der Waals surface area (Å²) in [6.45, 7) is 2.96. The summed E-state index contributed by atoms with van der Waals surface area (Å²) >= 11 is 1.21. The minimum Gasteiger partial charge on any atom is -0.483 e. The van der Waals surface area contributed by atoms with E-state index in [0.29, 0.717) is 35.7 Å². The predicted molar refractivity (Wildman–Crippen MR) is 99.3 cm³/mol. The Hall–Kier alpha value is -2.26. The van der Waals surface area contributed by atoms with E-state index < -0.39 is 11.4 Å². The highest BCUT2D eigenvalue weighted by atomic mass is 32.1. The molecule has 148 valence electrons. The number of likely N-dealkylation sites (tertiary alicyclic amines) is 2. The Morgan fingerprint density at radius 3 is 2.41 bits per heavy atom. The number of carbonyl (C=O) groups is 4. The van der Waals surface area contributed by atoms with Crippen molar-refractivity contribution < 1.29 is 29.4 Å². The molecular formula is C18H24N2O6S. The summed E-state index contributed by atoms with van der Waals surface area (Å²) in [6.07, 6.45) is 2.03. The van der Waals surface area contributed by atoms with Crippen LogP contribution in [0, 0.1) is 5.41 Å². The van der Waals surface area contributed by atoms with Gasteiger partial charge in [0.2, 0.25) is 0 Å². The van der Waals surface area contributed by atoms with E-state index >= 15 is 0 Å². The van der Waals surface area contributed by atoms with E-state index in [2.05, 4.69) is 4.90 Å². The number of hydrogen-bond acceptors (Lipinski definition) is 6. The zero-order chi connectivity index (χ0) is 20.2. The summed E-state index contributed by atoms with van der Waals surface area (Å²) < 4.78 is 0. The summed E-state index contributed by atoms with van der Waals surface area (Å²) in [4.78, 5) is 49.4. The second kappa shape index (κ2) is 8.62. The fourth-order valence-electron chi connectivity index (χ4n) is 3.97. The third kappa shape index (κ3) is 4.19. The number of rotatable bonds is 3. The van der Waals surface area contributed by atoms with Gasteiger partial charge in [0.05, 0.1) is 15.2 Å². The van der Waals surface area contributed by atoms with E-state index in [1.165, 1.54) is 18.3 Å². The molecule has 0 unspecified atom stereocenters. The Labute approximate surface area is 161 Å². The van der Waals surface area contributed by atoms with Gasteiger partial charge in [-0.05, 0) is 51.9 Å². The second-order valence-electron chi connectivity index (χ2n) is 6.89. The number of nitrogens with zero attached hydrogens (tertiary/aromatic N) is 2. The summed E-state index contributed by atoms with van der Waals surface area (Å²) in [5, 5.41) is 16.7. The quantitative estimate of drug-likeness (QED) is 0.590. The summed E-state index contributed by atoms with van der Waals surface area (Å²) in [6, 6.07) is 3.21. The first-order valence-electron chi connectivity index (χ1n) is 8.68. The van der Waals surface area contributed by atoms with Gasteiger partial charge in [-0.2, -0.15) is 0 Å². The molecular weight excluding hydrogens is 372 g/mol. The van der Waals surface area contributed by atoms with Gasteiger partial charge in [0.25, 0.3) is 12.4 Å². The molecule has 1 aromatic heterocycles. The van der Waals surface area contributed by atoms with Gasteiger partial charge in [-0.15, -0.1) is 11.3 Å². The van der Waals surface area contributed by atoms with Crippen LogP contribution in [0.25, 0.3) is 0 Å². The molecule has 3 rings (SSSR count). The lowest BCUT2D eigenvalue weighted by molar-refractivity contribution is -0.161. The lowest BCUT2D eigenvalue weighted by atomic mass is 9.68. The van der Waals surface area contributed by atoms with Crippen molar-refractivity contribution in [2.24, 2.45) is 5.41 Å². The average molecular weight is 396 g/mol. The molecule has 2 aliphatic rings. The van der Waals surface area contributed by atoms with E-state index in [0.717, 1.165) is 13.0 Å². The molecule has 27 heavy (non-hydrogen) atoms. The van der Waals surface area contributed by atoms with Crippen LogP contribution in [-0.4, -0.2) is 76.9 Å². The number of ketones is 1. The largest absolute Gasteiger partial charge is 0.483 e. The van der Waals surface area contributed by atoms with Gasteiger partial charge in [-0.3, -0.25) is 19.2 Å². The molecule has 8 nitrogen and oxygen atoms in total. The van der Waals surface area contributed by atoms with Gasteiger partial charge in [-0.25, -0.2) is 0 Å². The number of thiophene rings is 1. The number of Topliss-reactive ketones (excluding diaryl/α,β-unsaturated/α-hetero) is 1. The van der Waals surface area contributed by atoms with E-state index in [-0.39, 0.29) is 24.2 Å². The Morgan fingerprint density at radius 1 is 1.22 bits per heavy atom. The van der Waals surface area contributed by atoms with Crippen molar-refractivity contribution in [2.75, 3.05) is 26.7 Å². The van der Waals surface area contributed by atoms with E-state index in [9.17, 15) is 19.5 Å². The van der Waals surface area contributed by atoms with Crippen molar-refractivity contribution in [1.29, 1.82) is 0 Å². The maximum absolute atomic E-state index is 12.8. The first kappa shape index (κ1) is 21.0. The molecule has 2 saturated heterocycles. The summed E-state index contributed by atoms with van der Waals surface area (Å²) in [7, 11) is 1.94. The Morgan fingerprint density at radius 2 is 1.85 bits per heavy atom. The molecule has 2 aliphatic heterocycles. The van der Waals surface area contributed by atoms with Crippen LogP contribution in [0.5, 0.6) is 0 Å². The number of likely N-dealkylation sites (N-methyl/N-ethyl adjacent to an activating group) is 1. The average Bonchev–Trinajstić information content (AvgIpc) is 3.12. The van der Waals surface area contributed by atoms with Crippen molar-refractivity contribution in [2.45, 2.75) is 32.2 Å². The molecule has 1 aromatic rings. The van der Waals surface area contributed by atoms with E-state index in [1.54, 1.807) is 17.0 Å². The SMILES string of the molecule is CC(=O)c1ccc(C(=O)N2CC[C@@]3(C(=O)O)CCCN(C)[C@@H]3C2)s1.O=CO. The van der Waals surface area contributed by atoms with Crippen LogP contribution in [0.4, 0.5) is 0 Å². The van der Waals surface area contributed by atoms with Crippen molar-refractivity contribution in [1.82, 2.24) is 9.80 Å². The third-order valence-corrected chi connectivity index (χ3v) is 6.58. The molecule has 0 spiro atoms. The summed E-state index contributed by atoms with van der Waals surface area (Å²) in [5.41, 5.74) is -0.746. The maximum Gasteiger partial charge on any atom is 0.311 e. The monoisotopic (exact) mass is 396 g/mol. The zero-order valence-corrected chi connectivity index (χ0v) is 16.2. The molecule has 2 N–H and O–H groups in total. The molecule has 2 atom stereocenters. The normalized spacial score (nSPS) is 25.0. The lowest BCUT2D eigenvalue weighted by Gasteiger charge is -2.51. The Bertz CT molecular complexity index is 733. The van der Waals surface area contributed by atoms with Crippen LogP contribution in [-0.2, 0) is 9.59 Å². The van der Waals surface area contributed by atoms with Crippen molar-refractivity contribution in [3.63, 3.8) is 0 Å². The molecule has 0 aliphatic carbocycles. The number of carboxylic acids is 1. The third-order valence-electron chi connectivity index (χ3n) is 5.40. The zero-order valence-electron chi connectivity index (χ0n) is 15.4. The van der Waals surface area contributed by atoms with Gasteiger partial charge < -0.3 is 20.0 Å². The molecule has 0 aromatic carbocycles. The fourth-order valence-corrected chi connectivity index (χ4v) is 4.84. The van der Waals surface area contributed by atoms with Crippen LogP contribution < -0.4 is 0 Å². The van der Waals surface area contributed by atoms with Gasteiger partial charge in [0.1, 0.15) is 0 Å². The number of hydrogen-bond donors (Lipinski definition) is 2. The fraction of sp³-hybridized carbons (Fsp3) is 0.556. The van der Waals surface area contributed by atoms with Crippen molar-refractivity contribution in [3.8, 4) is 0 Å². The highest BCUT2D eigenvalue weighted by Crippen LogP contribution is 2.42. The number of fused-ring (bicyclic) bond motifs is 1. The number of carboxylic acid groups (broad SMARTS) is 2. The minimum atomic E-state index is -0.749. The number of aliphatic carboxylic acids is 1. The van der Waals surface area contributed by atoms with Crippen LogP contribution in [0.1, 0.15) is 45.5 Å². The lowest BCUT2D eigenvalue weighted by Crippen LogP contribution is -2.63. The number of carbonyl (C=O) groups excluding carboxylic acids is 2. The first-order valence-corrected chi connectivity index (χ1v) is 9.50. The predicted octanol–water partition coefficient (Wildman–Crippen LogP) is 1.66. The van der Waals surface area contributed by atoms with E-state index in [4.69, 9.17) is 9.90 Å². The smallest absolute Gasteiger partial charge is 0.311 e. The standard InChI is InChI=1S/C17H22N2O4S.CH2O2/c1-11(20)12-4-5-13(24-12)15(21)19-9-7-17(16(22)23)6-3-8-18(2)14(17)10-19;2-1-3/h4-5,14H,3,6-10H2,1-2H3,(H,22,23);1H,(H,2,3)/t14-,17+;/m1./s1. The van der Waals surface area contributed by atoms with Crippen molar-refractivity contribution in [3.05, 3.63) is 21.9 Å². The molecule has 0 bridgehead atoms. The highest BCUT2D eigenvalue weighted by molar-refractivity contribution is 7.15. The number of piperidine rings is 2. The van der Waals surface area contributed by atoms with Gasteiger partial charge in [0, 0.05) is 19.1 Å². The van der Waals surface area contributed by atoms with Gasteiger partial charge >= 0.3 is 5.97 Å². The molecule has 1 amide bonds. The Kier molecular flexibility index (Phi) is 6.72. The van der Waals surface area contributed by atoms with Crippen LogP contribution >= 0.6 is 11.3 Å². The first-order chi connectivity index (χ1) is 12.8. The summed E-state index contributed by atoms with van der Waals surface area (Å²) in [5.74, 6) is -0.902. The molecule has 9 heteroatoms. The second-order valence-corrected chi connectivity index (χ2v) is 7.97. The van der Waals surface area contributed by atoms with Gasteiger partial charge in [0.15, 0.2) is 5.78 Å². The topological polar surface area (TPSA) is 115 Å². The molecule has 0 radical (unpaired) electrons. The van der Waals surface area contributed by atoms with Crippen molar-refractivity contribution >= 4 is 35.5 Å². The molecule has 2 fully saturated rings. The molecule has 0 saturated carbocycles. The highest BCUT2D eigenvalue weighted by Gasteiger charge is 2.52. The minimum absolute atomic E-state index is 0.0467. The Balaban J connectivity index is 0.000000817.